The molecule has 9 heteroatoms. The number of benzene rings is 2. The van der Waals surface area contributed by atoms with Crippen LogP contribution >= 0.6 is 34.4 Å². The Kier molecular flexibility index (Phi) is 5.47. The first-order valence-electron chi connectivity index (χ1n) is 9.84. The predicted octanol–water partition coefficient (Wildman–Crippen LogP) is 5.94. The van der Waals surface area contributed by atoms with Crippen molar-refractivity contribution in [2.75, 3.05) is 4.90 Å². The summed E-state index contributed by atoms with van der Waals surface area (Å²) in [7, 11) is 0. The number of carbonyl (C=O) groups is 1. The molecule has 0 bridgehead atoms. The number of aryl methyl sites for hydroxylation is 1. The number of amides is 1. The Morgan fingerprint density at radius 1 is 1.13 bits per heavy atom. The van der Waals surface area contributed by atoms with Crippen molar-refractivity contribution >= 4 is 66.3 Å². The molecule has 0 saturated carbocycles. The Morgan fingerprint density at radius 2 is 1.94 bits per heavy atom. The lowest BCUT2D eigenvalue weighted by Crippen LogP contribution is -2.23. The first kappa shape index (κ1) is 20.2. The van der Waals surface area contributed by atoms with Crippen LogP contribution in [0.5, 0.6) is 0 Å². The molecular weight excluding hydrogens is 446 g/mol. The summed E-state index contributed by atoms with van der Waals surface area (Å²) in [6.45, 7) is 3.67. The third-order valence-electron chi connectivity index (χ3n) is 4.92. The molecule has 2 aromatic carbocycles. The van der Waals surface area contributed by atoms with Crippen LogP contribution in [0.3, 0.4) is 0 Å². The van der Waals surface area contributed by atoms with E-state index < -0.39 is 0 Å². The molecular formula is C22H19N5OS3. The van der Waals surface area contributed by atoms with Crippen molar-refractivity contribution in [2.45, 2.75) is 31.2 Å². The van der Waals surface area contributed by atoms with E-state index in [1.54, 1.807) is 34.9 Å². The number of thiazole rings is 2. The van der Waals surface area contributed by atoms with Gasteiger partial charge in [-0.15, -0.1) is 21.5 Å². The number of anilines is 2. The van der Waals surface area contributed by atoms with Crippen molar-refractivity contribution in [1.82, 2.24) is 19.6 Å². The Balaban J connectivity index is 1.41. The molecule has 0 saturated heterocycles. The van der Waals surface area contributed by atoms with E-state index >= 15 is 0 Å². The number of carbonyl (C=O) groups excluding carboxylic acids is 1. The molecule has 0 aliphatic rings. The minimum atomic E-state index is -0.0432. The summed E-state index contributed by atoms with van der Waals surface area (Å²) in [4.78, 5) is 19.8. The number of thioether (sulfide) groups is 1. The average Bonchev–Trinajstić information content (AvgIpc) is 3.48. The normalized spacial score (nSPS) is 11.4. The van der Waals surface area contributed by atoms with Crippen LogP contribution in [0.1, 0.15) is 25.1 Å². The van der Waals surface area contributed by atoms with Crippen LogP contribution in [0, 0.1) is 0 Å². The summed E-state index contributed by atoms with van der Waals surface area (Å²) in [6, 6.07) is 16.2. The van der Waals surface area contributed by atoms with Crippen molar-refractivity contribution in [3.8, 4) is 0 Å². The molecule has 3 aromatic heterocycles. The highest BCUT2D eigenvalue weighted by Gasteiger charge is 2.20. The zero-order valence-corrected chi connectivity index (χ0v) is 19.4. The van der Waals surface area contributed by atoms with Crippen molar-refractivity contribution in [3.63, 3.8) is 0 Å². The van der Waals surface area contributed by atoms with Crippen molar-refractivity contribution in [1.29, 1.82) is 0 Å². The van der Waals surface area contributed by atoms with E-state index in [4.69, 9.17) is 4.98 Å². The van der Waals surface area contributed by atoms with Gasteiger partial charge in [-0.05, 0) is 30.2 Å². The topological polar surface area (TPSA) is 63.4 Å². The lowest BCUT2D eigenvalue weighted by atomic mass is 10.1. The maximum atomic E-state index is 12.5. The zero-order valence-electron chi connectivity index (χ0n) is 17.0. The van der Waals surface area contributed by atoms with Crippen molar-refractivity contribution in [2.24, 2.45) is 0 Å². The second-order valence-electron chi connectivity index (χ2n) is 6.92. The van der Waals surface area contributed by atoms with E-state index in [9.17, 15) is 4.79 Å². The smallest absolute Gasteiger partial charge is 0.230 e. The van der Waals surface area contributed by atoms with Gasteiger partial charge in [0.2, 0.25) is 10.9 Å². The van der Waals surface area contributed by atoms with Crippen LogP contribution in [-0.4, -0.2) is 25.5 Å². The van der Waals surface area contributed by atoms with Crippen LogP contribution in [0.15, 0.2) is 59.1 Å². The molecule has 3 heterocycles. The molecule has 6 nitrogen and oxygen atoms in total. The van der Waals surface area contributed by atoms with E-state index in [2.05, 4.69) is 39.7 Å². The second-order valence-corrected chi connectivity index (χ2v) is 9.71. The van der Waals surface area contributed by atoms with Gasteiger partial charge in [-0.3, -0.25) is 14.1 Å². The summed E-state index contributed by atoms with van der Waals surface area (Å²) in [6.07, 6.45) is 0.853. The van der Waals surface area contributed by atoms with Crippen molar-refractivity contribution in [3.05, 3.63) is 65.2 Å². The van der Waals surface area contributed by atoms with Crippen LogP contribution in [-0.2, 0) is 17.0 Å². The van der Waals surface area contributed by atoms with Gasteiger partial charge < -0.3 is 0 Å². The van der Waals surface area contributed by atoms with Gasteiger partial charge in [-0.25, -0.2) is 4.98 Å². The monoisotopic (exact) mass is 465 g/mol. The Bertz CT molecular complexity index is 1390. The van der Waals surface area contributed by atoms with Gasteiger partial charge in [0.25, 0.3) is 0 Å². The minimum absolute atomic E-state index is 0.0432. The molecule has 31 heavy (non-hydrogen) atoms. The SMILES string of the molecule is CCc1ccccc1N(C(C)=O)c1nc(CSc2nnc3sc4ccccc4n23)cs1. The highest BCUT2D eigenvalue weighted by molar-refractivity contribution is 7.98. The summed E-state index contributed by atoms with van der Waals surface area (Å²) in [5, 5.41) is 12.2. The van der Waals surface area contributed by atoms with Gasteiger partial charge >= 0.3 is 0 Å². The molecule has 0 spiro atoms. The van der Waals surface area contributed by atoms with Crippen LogP contribution in [0.2, 0.25) is 0 Å². The van der Waals surface area contributed by atoms with Gasteiger partial charge in [0, 0.05) is 18.1 Å². The fraction of sp³-hybridized carbons (Fsp3) is 0.182. The quantitative estimate of drug-likeness (QED) is 0.290. The standard InChI is InChI=1S/C22H19N5OS3/c1-3-15-8-4-5-9-17(15)26(14(2)28)20-23-16(12-29-20)13-30-21-24-25-22-27(21)18-10-6-7-11-19(18)31-22/h4-12H,3,13H2,1-2H3. The van der Waals surface area contributed by atoms with E-state index in [0.29, 0.717) is 10.9 Å². The number of hydrogen-bond donors (Lipinski definition) is 0. The Morgan fingerprint density at radius 3 is 2.77 bits per heavy atom. The van der Waals surface area contributed by atoms with Crippen molar-refractivity contribution < 1.29 is 4.79 Å². The molecule has 0 fully saturated rings. The number of aromatic nitrogens is 4. The first-order valence-corrected chi connectivity index (χ1v) is 12.5. The van der Waals surface area contributed by atoms with E-state index in [-0.39, 0.29) is 5.91 Å². The Hall–Kier alpha value is -2.75. The maximum Gasteiger partial charge on any atom is 0.230 e. The highest BCUT2D eigenvalue weighted by atomic mass is 32.2. The molecule has 156 valence electrons. The molecule has 0 radical (unpaired) electrons. The lowest BCUT2D eigenvalue weighted by molar-refractivity contribution is -0.115. The summed E-state index contributed by atoms with van der Waals surface area (Å²) < 4.78 is 3.29. The maximum absolute atomic E-state index is 12.5. The van der Waals surface area contributed by atoms with Gasteiger partial charge in [-0.2, -0.15) is 0 Å². The van der Waals surface area contributed by atoms with Gasteiger partial charge in [0.15, 0.2) is 10.3 Å². The fourth-order valence-corrected chi connectivity index (χ4v) is 6.33. The summed E-state index contributed by atoms with van der Waals surface area (Å²) >= 11 is 4.72. The van der Waals surface area contributed by atoms with Gasteiger partial charge in [0.1, 0.15) is 0 Å². The number of rotatable bonds is 6. The van der Waals surface area contributed by atoms with E-state index in [1.165, 1.54) is 16.0 Å². The molecule has 5 rings (SSSR count). The second kappa shape index (κ2) is 8.41. The molecule has 1 amide bonds. The molecule has 0 aliphatic carbocycles. The average molecular weight is 466 g/mol. The molecule has 0 aliphatic heterocycles. The van der Waals surface area contributed by atoms with Gasteiger partial charge in [-0.1, -0.05) is 60.4 Å². The molecule has 0 atom stereocenters. The number of fused-ring (bicyclic) bond motifs is 3. The number of nitrogens with zero attached hydrogens (tertiary/aromatic N) is 5. The molecule has 0 unspecified atom stereocenters. The highest BCUT2D eigenvalue weighted by Crippen LogP contribution is 2.34. The first-order chi connectivity index (χ1) is 15.2. The van der Waals surface area contributed by atoms with Crippen LogP contribution in [0.25, 0.3) is 15.2 Å². The number of hydrogen-bond acceptors (Lipinski definition) is 7. The molecule has 0 N–H and O–H groups in total. The zero-order chi connectivity index (χ0) is 21.4. The Labute approximate surface area is 191 Å². The number of para-hydroxylation sites is 2. The molecule has 5 aromatic rings. The van der Waals surface area contributed by atoms with Gasteiger partial charge in [0.05, 0.1) is 21.6 Å². The summed E-state index contributed by atoms with van der Waals surface area (Å²) in [5.74, 6) is 0.612. The third-order valence-corrected chi connectivity index (χ3v) is 7.77. The minimum Gasteiger partial charge on any atom is -0.274 e. The third kappa shape index (κ3) is 3.73. The van der Waals surface area contributed by atoms with Crippen LogP contribution in [0.4, 0.5) is 10.8 Å². The predicted molar refractivity (Wildman–Crippen MR) is 129 cm³/mol. The van der Waals surface area contributed by atoms with Crippen LogP contribution < -0.4 is 4.90 Å². The summed E-state index contributed by atoms with van der Waals surface area (Å²) in [5.41, 5.74) is 4.06. The largest absolute Gasteiger partial charge is 0.274 e. The van der Waals surface area contributed by atoms with E-state index in [1.807, 2.05) is 35.7 Å². The fourth-order valence-electron chi connectivity index (χ4n) is 3.49. The lowest BCUT2D eigenvalue weighted by Gasteiger charge is -2.20. The van der Waals surface area contributed by atoms with E-state index in [0.717, 1.165) is 39.0 Å².